The largest absolute Gasteiger partial charge is 0.467 e. The highest BCUT2D eigenvalue weighted by Gasteiger charge is 2.19. The first-order chi connectivity index (χ1) is 6.70. The Morgan fingerprint density at radius 2 is 2.14 bits per heavy atom. The Hall–Kier alpha value is -1.12. The van der Waals surface area contributed by atoms with Gasteiger partial charge in [0.1, 0.15) is 0 Å². The molecule has 1 heterocycles. The molecule has 1 aliphatic rings. The lowest BCUT2D eigenvalue weighted by molar-refractivity contribution is 0.371. The van der Waals surface area contributed by atoms with E-state index in [1.54, 1.807) is 7.11 Å². The van der Waals surface area contributed by atoms with Crippen LogP contribution in [0.15, 0.2) is 0 Å². The summed E-state index contributed by atoms with van der Waals surface area (Å²) in [5, 5.41) is 0. The van der Waals surface area contributed by atoms with Gasteiger partial charge in [0, 0.05) is 5.69 Å². The summed E-state index contributed by atoms with van der Waals surface area (Å²) in [7, 11) is 1.62. The lowest BCUT2D eigenvalue weighted by Gasteiger charge is -2.21. The molecule has 1 unspecified atom stereocenters. The maximum Gasteiger partial charge on any atom is 0.316 e. The third kappa shape index (κ3) is 1.59. The smallest absolute Gasteiger partial charge is 0.316 e. The second-order valence-electron chi connectivity index (χ2n) is 4.07. The fourth-order valence-corrected chi connectivity index (χ4v) is 2.04. The first-order valence-corrected chi connectivity index (χ1v) is 5.11. The van der Waals surface area contributed by atoms with Crippen molar-refractivity contribution in [3.8, 4) is 6.01 Å². The van der Waals surface area contributed by atoms with Gasteiger partial charge in [0.05, 0.1) is 12.8 Å². The highest BCUT2D eigenvalue weighted by Crippen LogP contribution is 2.26. The minimum atomic E-state index is 0.510. The fraction of sp³-hybridized carbons (Fsp3) is 0.636. The molecule has 0 aliphatic heterocycles. The maximum absolute atomic E-state index is 5.07. The summed E-state index contributed by atoms with van der Waals surface area (Å²) in [6, 6.07) is 0.510. The molecule has 0 saturated carbocycles. The number of hydrogen-bond acceptors (Lipinski definition) is 3. The van der Waals surface area contributed by atoms with Crippen molar-refractivity contribution in [3.05, 3.63) is 17.0 Å². The predicted octanol–water partition coefficient (Wildman–Crippen LogP) is 1.92. The Bertz CT molecular complexity index is 349. The molecule has 3 heteroatoms. The van der Waals surface area contributed by atoms with Gasteiger partial charge in [-0.15, -0.1) is 0 Å². The minimum absolute atomic E-state index is 0.510. The SMILES string of the molecule is COc1nc(C)c2c(n1)CC(C)CC2. The van der Waals surface area contributed by atoms with E-state index in [1.165, 1.54) is 17.7 Å². The topological polar surface area (TPSA) is 35.0 Å². The molecule has 0 bridgehead atoms. The molecule has 3 nitrogen and oxygen atoms in total. The molecule has 0 N–H and O–H groups in total. The molecule has 2 rings (SSSR count). The van der Waals surface area contributed by atoms with Crippen LogP contribution in [0.5, 0.6) is 6.01 Å². The Morgan fingerprint density at radius 1 is 1.36 bits per heavy atom. The van der Waals surface area contributed by atoms with Gasteiger partial charge in [-0.25, -0.2) is 4.98 Å². The number of methoxy groups -OCH3 is 1. The number of rotatable bonds is 1. The molecule has 1 atom stereocenters. The molecule has 14 heavy (non-hydrogen) atoms. The molecule has 0 aromatic carbocycles. The van der Waals surface area contributed by atoms with E-state index in [0.29, 0.717) is 6.01 Å². The summed E-state index contributed by atoms with van der Waals surface area (Å²) in [6.45, 7) is 4.31. The third-order valence-corrected chi connectivity index (χ3v) is 2.89. The van der Waals surface area contributed by atoms with E-state index in [0.717, 1.165) is 24.5 Å². The highest BCUT2D eigenvalue weighted by atomic mass is 16.5. The molecular formula is C11H16N2O. The number of aryl methyl sites for hydroxylation is 1. The second kappa shape index (κ2) is 3.56. The van der Waals surface area contributed by atoms with Crippen molar-refractivity contribution in [2.24, 2.45) is 5.92 Å². The van der Waals surface area contributed by atoms with Crippen molar-refractivity contribution < 1.29 is 4.74 Å². The maximum atomic E-state index is 5.07. The number of hydrogen-bond donors (Lipinski definition) is 0. The van der Waals surface area contributed by atoms with Gasteiger partial charge < -0.3 is 4.74 Å². The number of nitrogens with zero attached hydrogens (tertiary/aromatic N) is 2. The molecule has 0 spiro atoms. The van der Waals surface area contributed by atoms with E-state index in [-0.39, 0.29) is 0 Å². The standard InChI is InChI=1S/C11H16N2O/c1-7-4-5-9-8(2)12-11(14-3)13-10(9)6-7/h7H,4-6H2,1-3H3. The van der Waals surface area contributed by atoms with Crippen molar-refractivity contribution in [1.82, 2.24) is 9.97 Å². The zero-order valence-electron chi connectivity index (χ0n) is 9.00. The van der Waals surface area contributed by atoms with E-state index in [4.69, 9.17) is 4.74 Å². The molecule has 0 radical (unpaired) electrons. The molecule has 0 saturated heterocycles. The van der Waals surface area contributed by atoms with Crippen LogP contribution in [0.25, 0.3) is 0 Å². The quantitative estimate of drug-likeness (QED) is 0.681. The van der Waals surface area contributed by atoms with E-state index in [1.807, 2.05) is 6.92 Å². The molecule has 76 valence electrons. The van der Waals surface area contributed by atoms with Crippen LogP contribution in [0.3, 0.4) is 0 Å². The highest BCUT2D eigenvalue weighted by molar-refractivity contribution is 5.29. The van der Waals surface area contributed by atoms with Crippen LogP contribution in [-0.2, 0) is 12.8 Å². The van der Waals surface area contributed by atoms with Crippen molar-refractivity contribution in [3.63, 3.8) is 0 Å². The summed E-state index contributed by atoms with van der Waals surface area (Å²) in [5.41, 5.74) is 3.61. The fourth-order valence-electron chi connectivity index (χ4n) is 2.04. The van der Waals surface area contributed by atoms with Gasteiger partial charge in [0.25, 0.3) is 0 Å². The van der Waals surface area contributed by atoms with Crippen LogP contribution in [0, 0.1) is 12.8 Å². The third-order valence-electron chi connectivity index (χ3n) is 2.89. The summed E-state index contributed by atoms with van der Waals surface area (Å²) >= 11 is 0. The van der Waals surface area contributed by atoms with Crippen molar-refractivity contribution in [2.45, 2.75) is 33.1 Å². The van der Waals surface area contributed by atoms with Crippen LogP contribution >= 0.6 is 0 Å². The van der Waals surface area contributed by atoms with Gasteiger partial charge in [-0.2, -0.15) is 4.98 Å². The number of fused-ring (bicyclic) bond motifs is 1. The Morgan fingerprint density at radius 3 is 2.86 bits per heavy atom. The molecule has 1 aromatic heterocycles. The van der Waals surface area contributed by atoms with Crippen LogP contribution < -0.4 is 4.74 Å². The molecule has 1 aliphatic carbocycles. The van der Waals surface area contributed by atoms with Crippen LogP contribution in [0.4, 0.5) is 0 Å². The molecule has 0 amide bonds. The minimum Gasteiger partial charge on any atom is -0.467 e. The first-order valence-electron chi connectivity index (χ1n) is 5.11. The van der Waals surface area contributed by atoms with Gasteiger partial charge in [-0.05, 0) is 37.7 Å². The van der Waals surface area contributed by atoms with E-state index in [9.17, 15) is 0 Å². The average Bonchev–Trinajstić information content (AvgIpc) is 2.16. The number of aromatic nitrogens is 2. The van der Waals surface area contributed by atoms with Crippen molar-refractivity contribution in [1.29, 1.82) is 0 Å². The van der Waals surface area contributed by atoms with Crippen molar-refractivity contribution >= 4 is 0 Å². The predicted molar refractivity (Wildman–Crippen MR) is 54.5 cm³/mol. The van der Waals surface area contributed by atoms with Crippen LogP contribution in [0.2, 0.25) is 0 Å². The summed E-state index contributed by atoms with van der Waals surface area (Å²) in [6.07, 6.45) is 3.44. The lowest BCUT2D eigenvalue weighted by Crippen LogP contribution is -2.16. The Kier molecular flexibility index (Phi) is 2.40. The Balaban J connectivity index is 2.43. The van der Waals surface area contributed by atoms with Crippen LogP contribution in [0.1, 0.15) is 30.3 Å². The Labute approximate surface area is 84.5 Å². The van der Waals surface area contributed by atoms with Crippen molar-refractivity contribution in [2.75, 3.05) is 7.11 Å². The van der Waals surface area contributed by atoms with Gasteiger partial charge in [-0.3, -0.25) is 0 Å². The molecular weight excluding hydrogens is 176 g/mol. The van der Waals surface area contributed by atoms with Gasteiger partial charge in [-0.1, -0.05) is 6.92 Å². The monoisotopic (exact) mass is 192 g/mol. The normalized spacial score (nSPS) is 20.4. The van der Waals surface area contributed by atoms with E-state index < -0.39 is 0 Å². The van der Waals surface area contributed by atoms with Crippen LogP contribution in [-0.4, -0.2) is 17.1 Å². The summed E-state index contributed by atoms with van der Waals surface area (Å²) < 4.78 is 5.07. The first kappa shape index (κ1) is 9.44. The molecule has 1 aromatic rings. The molecule has 0 fully saturated rings. The zero-order chi connectivity index (χ0) is 10.1. The summed E-state index contributed by atoms with van der Waals surface area (Å²) in [5.74, 6) is 0.738. The second-order valence-corrected chi connectivity index (χ2v) is 4.07. The lowest BCUT2D eigenvalue weighted by atomic mass is 9.87. The van der Waals surface area contributed by atoms with Gasteiger partial charge in [0.2, 0.25) is 0 Å². The van der Waals surface area contributed by atoms with Gasteiger partial charge in [0.15, 0.2) is 0 Å². The van der Waals surface area contributed by atoms with E-state index >= 15 is 0 Å². The van der Waals surface area contributed by atoms with Gasteiger partial charge >= 0.3 is 6.01 Å². The van der Waals surface area contributed by atoms with E-state index in [2.05, 4.69) is 16.9 Å². The average molecular weight is 192 g/mol. The summed E-state index contributed by atoms with van der Waals surface area (Å²) in [4.78, 5) is 8.71. The number of ether oxygens (including phenoxy) is 1. The zero-order valence-corrected chi connectivity index (χ0v) is 9.00.